The quantitative estimate of drug-likeness (QED) is 0.841. The monoisotopic (exact) mass is 363 g/mol. The third kappa shape index (κ3) is 3.94. The molecule has 1 aromatic carbocycles. The van der Waals surface area contributed by atoms with Crippen molar-refractivity contribution in [3.63, 3.8) is 0 Å². The van der Waals surface area contributed by atoms with Crippen molar-refractivity contribution in [3.8, 4) is 5.75 Å². The summed E-state index contributed by atoms with van der Waals surface area (Å²) in [5, 5.41) is 0. The van der Waals surface area contributed by atoms with Crippen LogP contribution in [0.1, 0.15) is 19.8 Å². The summed E-state index contributed by atoms with van der Waals surface area (Å²) >= 11 is 3.33. The summed E-state index contributed by atoms with van der Waals surface area (Å²) in [6, 6.07) is 4.74. The van der Waals surface area contributed by atoms with E-state index in [1.165, 1.54) is 6.07 Å². The lowest BCUT2D eigenvalue weighted by molar-refractivity contribution is 0.114. The SMILES string of the molecule is CCOc1cc(S(=O)(=O)NC[C@H]2CCCO2)ccc1Br. The number of nitrogens with one attached hydrogen (secondary N) is 1. The van der Waals surface area contributed by atoms with Gasteiger partial charge in [0.2, 0.25) is 10.0 Å². The summed E-state index contributed by atoms with van der Waals surface area (Å²) in [6.45, 7) is 3.34. The minimum atomic E-state index is -3.54. The van der Waals surface area contributed by atoms with Crippen molar-refractivity contribution >= 4 is 26.0 Å². The molecule has 0 saturated carbocycles. The molecule has 0 radical (unpaired) electrons. The Morgan fingerprint density at radius 2 is 2.30 bits per heavy atom. The zero-order valence-corrected chi connectivity index (χ0v) is 13.7. The first kappa shape index (κ1) is 15.8. The van der Waals surface area contributed by atoms with E-state index in [1.54, 1.807) is 12.1 Å². The van der Waals surface area contributed by atoms with Crippen molar-refractivity contribution in [2.45, 2.75) is 30.8 Å². The van der Waals surface area contributed by atoms with Gasteiger partial charge >= 0.3 is 0 Å². The van der Waals surface area contributed by atoms with Crippen LogP contribution < -0.4 is 9.46 Å². The average molecular weight is 364 g/mol. The Hall–Kier alpha value is -0.630. The Bertz CT molecular complexity index is 555. The van der Waals surface area contributed by atoms with Gasteiger partial charge in [0.1, 0.15) is 5.75 Å². The van der Waals surface area contributed by atoms with E-state index in [2.05, 4.69) is 20.7 Å². The number of sulfonamides is 1. The summed E-state index contributed by atoms with van der Waals surface area (Å²) in [5.74, 6) is 0.521. The van der Waals surface area contributed by atoms with Gasteiger partial charge in [0.25, 0.3) is 0 Å². The average Bonchev–Trinajstić information content (AvgIpc) is 2.92. The molecule has 1 aliphatic rings. The van der Waals surface area contributed by atoms with E-state index in [9.17, 15) is 8.42 Å². The Morgan fingerprint density at radius 1 is 1.50 bits per heavy atom. The largest absolute Gasteiger partial charge is 0.493 e. The lowest BCUT2D eigenvalue weighted by atomic mass is 10.2. The molecule has 0 unspecified atom stereocenters. The lowest BCUT2D eigenvalue weighted by Crippen LogP contribution is -2.31. The minimum Gasteiger partial charge on any atom is -0.493 e. The van der Waals surface area contributed by atoms with Crippen molar-refractivity contribution in [2.75, 3.05) is 19.8 Å². The molecule has 0 aromatic heterocycles. The highest BCUT2D eigenvalue weighted by molar-refractivity contribution is 9.10. The van der Waals surface area contributed by atoms with Gasteiger partial charge < -0.3 is 9.47 Å². The number of hydrogen-bond donors (Lipinski definition) is 1. The van der Waals surface area contributed by atoms with Crippen LogP contribution in [0.3, 0.4) is 0 Å². The number of hydrogen-bond acceptors (Lipinski definition) is 4. The molecule has 7 heteroatoms. The molecule has 112 valence electrons. The molecule has 1 N–H and O–H groups in total. The number of halogens is 1. The Balaban J connectivity index is 2.09. The zero-order chi connectivity index (χ0) is 14.6. The van der Waals surface area contributed by atoms with E-state index in [0.29, 0.717) is 25.5 Å². The van der Waals surface area contributed by atoms with Crippen molar-refractivity contribution in [1.82, 2.24) is 4.72 Å². The van der Waals surface area contributed by atoms with E-state index < -0.39 is 10.0 Å². The van der Waals surface area contributed by atoms with Gasteiger partial charge in [-0.05, 0) is 47.8 Å². The van der Waals surface area contributed by atoms with Crippen LogP contribution in [0.15, 0.2) is 27.6 Å². The second-order valence-corrected chi connectivity index (χ2v) is 7.13. The van der Waals surface area contributed by atoms with Crippen LogP contribution in [0.5, 0.6) is 5.75 Å². The van der Waals surface area contributed by atoms with Crippen molar-refractivity contribution in [1.29, 1.82) is 0 Å². The molecular formula is C13H18BrNO4S. The van der Waals surface area contributed by atoms with Crippen LogP contribution in [0.25, 0.3) is 0 Å². The van der Waals surface area contributed by atoms with E-state index in [0.717, 1.165) is 17.3 Å². The molecule has 1 saturated heterocycles. The molecule has 2 rings (SSSR count). The molecule has 1 heterocycles. The maximum Gasteiger partial charge on any atom is 0.240 e. The molecule has 0 bridgehead atoms. The fourth-order valence-corrected chi connectivity index (χ4v) is 3.45. The van der Waals surface area contributed by atoms with Crippen molar-refractivity contribution < 1.29 is 17.9 Å². The molecule has 5 nitrogen and oxygen atoms in total. The van der Waals surface area contributed by atoms with Crippen LogP contribution in [0.2, 0.25) is 0 Å². The maximum absolute atomic E-state index is 12.2. The van der Waals surface area contributed by atoms with Crippen molar-refractivity contribution in [3.05, 3.63) is 22.7 Å². The molecule has 1 aliphatic heterocycles. The zero-order valence-electron chi connectivity index (χ0n) is 11.3. The summed E-state index contributed by atoms with van der Waals surface area (Å²) in [6.07, 6.45) is 1.86. The van der Waals surface area contributed by atoms with Crippen LogP contribution in [0.4, 0.5) is 0 Å². The van der Waals surface area contributed by atoms with Gasteiger partial charge in [-0.2, -0.15) is 0 Å². The van der Waals surface area contributed by atoms with E-state index in [4.69, 9.17) is 9.47 Å². The van der Waals surface area contributed by atoms with Gasteiger partial charge in [-0.15, -0.1) is 0 Å². The standard InChI is InChI=1S/C13H18BrNO4S/c1-2-18-13-8-11(5-6-12(13)14)20(16,17)15-9-10-4-3-7-19-10/h5-6,8,10,15H,2-4,7,9H2,1H3/t10-/m1/s1. The van der Waals surface area contributed by atoms with Gasteiger partial charge in [-0.25, -0.2) is 13.1 Å². The van der Waals surface area contributed by atoms with E-state index in [1.807, 2.05) is 6.92 Å². The second-order valence-electron chi connectivity index (χ2n) is 4.51. The highest BCUT2D eigenvalue weighted by atomic mass is 79.9. The normalized spacial score (nSPS) is 19.2. The third-order valence-corrected chi connectivity index (χ3v) is 5.11. The molecule has 0 aliphatic carbocycles. The first-order chi connectivity index (χ1) is 9.53. The second kappa shape index (κ2) is 6.89. The van der Waals surface area contributed by atoms with Gasteiger partial charge in [-0.1, -0.05) is 0 Å². The molecular weight excluding hydrogens is 346 g/mol. The van der Waals surface area contributed by atoms with Gasteiger partial charge in [0.15, 0.2) is 0 Å². The van der Waals surface area contributed by atoms with Crippen LogP contribution in [-0.4, -0.2) is 34.3 Å². The van der Waals surface area contributed by atoms with Crippen LogP contribution in [0, 0.1) is 0 Å². The van der Waals surface area contributed by atoms with Gasteiger partial charge in [-0.3, -0.25) is 0 Å². The predicted molar refractivity (Wildman–Crippen MR) is 79.5 cm³/mol. The highest BCUT2D eigenvalue weighted by Crippen LogP contribution is 2.28. The van der Waals surface area contributed by atoms with Crippen molar-refractivity contribution in [2.24, 2.45) is 0 Å². The van der Waals surface area contributed by atoms with Gasteiger partial charge in [0, 0.05) is 19.2 Å². The molecule has 0 spiro atoms. The topological polar surface area (TPSA) is 64.6 Å². The first-order valence-corrected chi connectivity index (χ1v) is 8.84. The summed E-state index contributed by atoms with van der Waals surface area (Å²) in [4.78, 5) is 0.196. The van der Waals surface area contributed by atoms with Crippen LogP contribution in [-0.2, 0) is 14.8 Å². The molecule has 0 amide bonds. The van der Waals surface area contributed by atoms with Crippen LogP contribution >= 0.6 is 15.9 Å². The lowest BCUT2D eigenvalue weighted by Gasteiger charge is -2.13. The number of rotatable bonds is 6. The number of ether oxygens (including phenoxy) is 2. The molecule has 20 heavy (non-hydrogen) atoms. The molecule has 1 atom stereocenters. The Kier molecular flexibility index (Phi) is 5.42. The fraction of sp³-hybridized carbons (Fsp3) is 0.538. The minimum absolute atomic E-state index is 0.0217. The Morgan fingerprint density at radius 3 is 2.95 bits per heavy atom. The highest BCUT2D eigenvalue weighted by Gasteiger charge is 2.21. The van der Waals surface area contributed by atoms with E-state index in [-0.39, 0.29) is 11.0 Å². The summed E-state index contributed by atoms with van der Waals surface area (Å²) in [7, 11) is -3.54. The van der Waals surface area contributed by atoms with E-state index >= 15 is 0 Å². The Labute approximate surface area is 127 Å². The maximum atomic E-state index is 12.2. The molecule has 1 fully saturated rings. The predicted octanol–water partition coefficient (Wildman–Crippen LogP) is 2.31. The molecule has 1 aromatic rings. The summed E-state index contributed by atoms with van der Waals surface area (Å²) < 4.78 is 38.5. The summed E-state index contributed by atoms with van der Waals surface area (Å²) in [5.41, 5.74) is 0. The number of benzene rings is 1. The third-order valence-electron chi connectivity index (χ3n) is 3.04. The first-order valence-electron chi connectivity index (χ1n) is 6.56. The fourth-order valence-electron chi connectivity index (χ4n) is 2.01. The smallest absolute Gasteiger partial charge is 0.240 e. The van der Waals surface area contributed by atoms with Gasteiger partial charge in [0.05, 0.1) is 22.1 Å².